The van der Waals surface area contributed by atoms with E-state index in [2.05, 4.69) is 4.90 Å². The Kier molecular flexibility index (Phi) is 1.87. The minimum Gasteiger partial charge on any atom is -0.395 e. The van der Waals surface area contributed by atoms with E-state index in [-0.39, 0.29) is 0 Å². The highest BCUT2D eigenvalue weighted by Crippen LogP contribution is 2.50. The third kappa shape index (κ3) is 1.17. The molecule has 1 aliphatic carbocycles. The topological polar surface area (TPSA) is 49.5 Å². The van der Waals surface area contributed by atoms with Crippen molar-refractivity contribution in [3.63, 3.8) is 0 Å². The average molecular weight is 156 g/mol. The van der Waals surface area contributed by atoms with E-state index in [1.54, 1.807) is 0 Å². The van der Waals surface area contributed by atoms with Gasteiger partial charge in [0.1, 0.15) is 0 Å². The molecule has 0 bridgehead atoms. The number of aliphatic hydroxyl groups excluding tert-OH is 1. The van der Waals surface area contributed by atoms with Crippen LogP contribution in [0.2, 0.25) is 0 Å². The molecule has 0 aromatic carbocycles. The van der Waals surface area contributed by atoms with Gasteiger partial charge in [-0.3, -0.25) is 0 Å². The minimum absolute atomic E-state index is 0.298. The first kappa shape index (κ1) is 7.53. The van der Waals surface area contributed by atoms with Crippen LogP contribution in [0.1, 0.15) is 0 Å². The number of piperidine rings is 1. The smallest absolute Gasteiger partial charge is 0.0558 e. The summed E-state index contributed by atoms with van der Waals surface area (Å²) in [6.07, 6.45) is 0. The molecule has 11 heavy (non-hydrogen) atoms. The van der Waals surface area contributed by atoms with Crippen LogP contribution >= 0.6 is 0 Å². The van der Waals surface area contributed by atoms with Gasteiger partial charge in [-0.15, -0.1) is 0 Å². The van der Waals surface area contributed by atoms with Crippen LogP contribution in [0.4, 0.5) is 0 Å². The molecule has 64 valence electrons. The van der Waals surface area contributed by atoms with E-state index >= 15 is 0 Å². The second-order valence-electron chi connectivity index (χ2n) is 3.71. The number of β-amino-alcohol motifs (C(OH)–C–C–N with tert-alkyl or cyclic N) is 1. The molecule has 2 rings (SSSR count). The van der Waals surface area contributed by atoms with Gasteiger partial charge in [0, 0.05) is 19.6 Å². The van der Waals surface area contributed by atoms with Crippen molar-refractivity contribution in [3.05, 3.63) is 0 Å². The number of rotatable bonds is 3. The Morgan fingerprint density at radius 1 is 1.36 bits per heavy atom. The Labute approximate surface area is 67.2 Å². The van der Waals surface area contributed by atoms with Gasteiger partial charge >= 0.3 is 0 Å². The molecule has 0 aromatic heterocycles. The van der Waals surface area contributed by atoms with Gasteiger partial charge < -0.3 is 15.7 Å². The van der Waals surface area contributed by atoms with E-state index in [9.17, 15) is 0 Å². The van der Waals surface area contributed by atoms with Crippen LogP contribution in [0, 0.1) is 17.8 Å². The zero-order chi connectivity index (χ0) is 7.84. The minimum atomic E-state index is 0.298. The maximum atomic E-state index is 8.68. The highest BCUT2D eigenvalue weighted by Gasteiger charge is 2.54. The van der Waals surface area contributed by atoms with Gasteiger partial charge in [0.25, 0.3) is 0 Å². The SMILES string of the molecule is NCC1C2CN(CCO)CC12. The molecule has 3 nitrogen and oxygen atoms in total. The number of aliphatic hydroxyl groups is 1. The molecule has 0 amide bonds. The fourth-order valence-corrected chi connectivity index (χ4v) is 2.41. The van der Waals surface area contributed by atoms with Crippen molar-refractivity contribution in [1.82, 2.24) is 4.90 Å². The zero-order valence-electron chi connectivity index (χ0n) is 6.74. The quantitative estimate of drug-likeness (QED) is 0.557. The predicted octanol–water partition coefficient (Wildman–Crippen LogP) is -0.885. The lowest BCUT2D eigenvalue weighted by Gasteiger charge is -2.16. The summed E-state index contributed by atoms with van der Waals surface area (Å²) >= 11 is 0. The lowest BCUT2D eigenvalue weighted by atomic mass is 10.2. The molecule has 1 heterocycles. The fourth-order valence-electron chi connectivity index (χ4n) is 2.41. The third-order valence-corrected chi connectivity index (χ3v) is 3.14. The van der Waals surface area contributed by atoms with Gasteiger partial charge in [-0.2, -0.15) is 0 Å². The summed E-state index contributed by atoms with van der Waals surface area (Å²) in [6, 6.07) is 0. The first-order valence-corrected chi connectivity index (χ1v) is 4.40. The Morgan fingerprint density at radius 2 is 2.00 bits per heavy atom. The van der Waals surface area contributed by atoms with Crippen molar-refractivity contribution in [2.75, 3.05) is 32.8 Å². The molecule has 0 spiro atoms. The van der Waals surface area contributed by atoms with Gasteiger partial charge in [0.15, 0.2) is 0 Å². The van der Waals surface area contributed by atoms with Gasteiger partial charge in [0.05, 0.1) is 6.61 Å². The summed E-state index contributed by atoms with van der Waals surface area (Å²) in [6.45, 7) is 4.36. The van der Waals surface area contributed by atoms with Crippen LogP contribution < -0.4 is 5.73 Å². The van der Waals surface area contributed by atoms with Gasteiger partial charge in [-0.25, -0.2) is 0 Å². The molecule has 1 saturated heterocycles. The molecule has 2 aliphatic rings. The summed E-state index contributed by atoms with van der Waals surface area (Å²) in [7, 11) is 0. The van der Waals surface area contributed by atoms with Crippen LogP contribution in [0.3, 0.4) is 0 Å². The first-order valence-electron chi connectivity index (χ1n) is 4.40. The molecule has 1 aliphatic heterocycles. The van der Waals surface area contributed by atoms with Crippen LogP contribution in [0.5, 0.6) is 0 Å². The number of nitrogens with two attached hydrogens (primary N) is 1. The largest absolute Gasteiger partial charge is 0.395 e. The van der Waals surface area contributed by atoms with Crippen molar-refractivity contribution in [2.45, 2.75) is 0 Å². The van der Waals surface area contributed by atoms with Crippen LogP contribution in [0.25, 0.3) is 0 Å². The standard InChI is InChI=1S/C8H16N2O/c9-3-6-7-4-10(1-2-11)5-8(6)7/h6-8,11H,1-5,9H2. The van der Waals surface area contributed by atoms with E-state index in [1.165, 1.54) is 13.1 Å². The van der Waals surface area contributed by atoms with Crippen molar-refractivity contribution in [1.29, 1.82) is 0 Å². The van der Waals surface area contributed by atoms with E-state index in [1.807, 2.05) is 0 Å². The number of hydrogen-bond donors (Lipinski definition) is 2. The number of likely N-dealkylation sites (tertiary alicyclic amines) is 1. The highest BCUT2D eigenvalue weighted by molar-refractivity contribution is 5.05. The molecule has 2 unspecified atom stereocenters. The second-order valence-corrected chi connectivity index (χ2v) is 3.71. The van der Waals surface area contributed by atoms with Crippen LogP contribution in [0.15, 0.2) is 0 Å². The number of hydrogen-bond acceptors (Lipinski definition) is 3. The molecule has 1 saturated carbocycles. The molecule has 3 heteroatoms. The summed E-state index contributed by atoms with van der Waals surface area (Å²) in [4.78, 5) is 2.33. The number of fused-ring (bicyclic) bond motifs is 1. The van der Waals surface area contributed by atoms with Gasteiger partial charge in [-0.1, -0.05) is 0 Å². The van der Waals surface area contributed by atoms with E-state index in [0.29, 0.717) is 6.61 Å². The first-order chi connectivity index (χ1) is 5.36. The zero-order valence-corrected chi connectivity index (χ0v) is 6.74. The lowest BCUT2D eigenvalue weighted by molar-refractivity contribution is 0.203. The maximum absolute atomic E-state index is 8.68. The summed E-state index contributed by atoms with van der Waals surface area (Å²) in [5.74, 6) is 2.54. The molecule has 0 aromatic rings. The summed E-state index contributed by atoms with van der Waals surface area (Å²) in [5, 5.41) is 8.68. The van der Waals surface area contributed by atoms with Crippen molar-refractivity contribution >= 4 is 0 Å². The molecule has 3 N–H and O–H groups in total. The van der Waals surface area contributed by atoms with E-state index in [0.717, 1.165) is 30.8 Å². The molecule has 0 radical (unpaired) electrons. The second kappa shape index (κ2) is 2.73. The lowest BCUT2D eigenvalue weighted by Crippen LogP contribution is -2.28. The summed E-state index contributed by atoms with van der Waals surface area (Å²) in [5.41, 5.74) is 5.58. The van der Waals surface area contributed by atoms with Gasteiger partial charge in [0.2, 0.25) is 0 Å². The van der Waals surface area contributed by atoms with Crippen LogP contribution in [-0.4, -0.2) is 42.8 Å². The molecular weight excluding hydrogens is 140 g/mol. The van der Waals surface area contributed by atoms with Gasteiger partial charge in [-0.05, 0) is 24.3 Å². The van der Waals surface area contributed by atoms with E-state index < -0.39 is 0 Å². The monoisotopic (exact) mass is 156 g/mol. The molecule has 2 atom stereocenters. The number of nitrogens with zero attached hydrogens (tertiary/aromatic N) is 1. The Morgan fingerprint density at radius 3 is 2.45 bits per heavy atom. The normalized spacial score (nSPS) is 42.5. The maximum Gasteiger partial charge on any atom is 0.0558 e. The Balaban J connectivity index is 1.76. The fraction of sp³-hybridized carbons (Fsp3) is 1.00. The Hall–Kier alpha value is -0.120. The van der Waals surface area contributed by atoms with Crippen molar-refractivity contribution < 1.29 is 5.11 Å². The predicted molar refractivity (Wildman–Crippen MR) is 43.1 cm³/mol. The Bertz CT molecular complexity index is 139. The third-order valence-electron chi connectivity index (χ3n) is 3.14. The van der Waals surface area contributed by atoms with E-state index in [4.69, 9.17) is 10.8 Å². The highest BCUT2D eigenvalue weighted by atomic mass is 16.3. The average Bonchev–Trinajstić information content (AvgIpc) is 2.47. The van der Waals surface area contributed by atoms with Crippen molar-refractivity contribution in [3.8, 4) is 0 Å². The van der Waals surface area contributed by atoms with Crippen molar-refractivity contribution in [2.24, 2.45) is 23.5 Å². The van der Waals surface area contributed by atoms with Crippen LogP contribution in [-0.2, 0) is 0 Å². The molecule has 2 fully saturated rings. The summed E-state index contributed by atoms with van der Waals surface area (Å²) < 4.78 is 0. The molecular formula is C8H16N2O.